The van der Waals surface area contributed by atoms with Crippen molar-refractivity contribution in [3.63, 3.8) is 0 Å². The molecule has 4 rings (SSSR count). The number of para-hydroxylation sites is 1. The SMILES string of the molecule is C[C@H](Nc1nc(N)nc(N)c1C#N)c1nc2c(F)ccc(F)c2c(=O)n1-c1ccccc1. The van der Waals surface area contributed by atoms with E-state index in [1.54, 1.807) is 37.3 Å². The summed E-state index contributed by atoms with van der Waals surface area (Å²) in [5.74, 6) is -1.97. The first kappa shape index (κ1) is 20.7. The zero-order chi connectivity index (χ0) is 23.0. The van der Waals surface area contributed by atoms with Crippen molar-refractivity contribution in [3.05, 3.63) is 75.8 Å². The van der Waals surface area contributed by atoms with Gasteiger partial charge in [0.1, 0.15) is 45.8 Å². The molecule has 4 aromatic rings. The number of nitriles is 1. The molecule has 32 heavy (non-hydrogen) atoms. The van der Waals surface area contributed by atoms with E-state index >= 15 is 0 Å². The van der Waals surface area contributed by atoms with Crippen LogP contribution in [0.15, 0.2) is 47.3 Å². The first-order valence-corrected chi connectivity index (χ1v) is 9.37. The van der Waals surface area contributed by atoms with Gasteiger partial charge in [-0.2, -0.15) is 15.2 Å². The molecule has 2 heterocycles. The van der Waals surface area contributed by atoms with Crippen molar-refractivity contribution in [2.75, 3.05) is 16.8 Å². The van der Waals surface area contributed by atoms with E-state index in [0.29, 0.717) is 5.69 Å². The van der Waals surface area contributed by atoms with E-state index in [9.17, 15) is 18.8 Å². The molecule has 2 aromatic carbocycles. The van der Waals surface area contributed by atoms with Gasteiger partial charge < -0.3 is 16.8 Å². The Morgan fingerprint density at radius 3 is 2.44 bits per heavy atom. The minimum atomic E-state index is -0.890. The van der Waals surface area contributed by atoms with Crippen molar-refractivity contribution < 1.29 is 8.78 Å². The van der Waals surface area contributed by atoms with E-state index in [-0.39, 0.29) is 29.0 Å². The fourth-order valence-corrected chi connectivity index (χ4v) is 3.33. The van der Waals surface area contributed by atoms with E-state index in [0.717, 1.165) is 12.1 Å². The van der Waals surface area contributed by atoms with Crippen LogP contribution < -0.4 is 22.3 Å². The lowest BCUT2D eigenvalue weighted by Gasteiger charge is -2.21. The van der Waals surface area contributed by atoms with Gasteiger partial charge in [-0.25, -0.2) is 13.8 Å². The largest absolute Gasteiger partial charge is 0.382 e. The molecule has 0 aliphatic rings. The summed E-state index contributed by atoms with van der Waals surface area (Å²) < 4.78 is 30.1. The third-order valence-electron chi connectivity index (χ3n) is 4.77. The Morgan fingerprint density at radius 2 is 1.75 bits per heavy atom. The molecule has 0 saturated carbocycles. The maximum absolute atomic E-state index is 14.5. The van der Waals surface area contributed by atoms with Crippen molar-refractivity contribution in [3.8, 4) is 11.8 Å². The normalized spacial score (nSPS) is 11.8. The maximum atomic E-state index is 14.5. The highest BCUT2D eigenvalue weighted by Gasteiger charge is 2.23. The highest BCUT2D eigenvalue weighted by molar-refractivity contribution is 5.79. The Hall–Kier alpha value is -4.59. The molecule has 0 saturated heterocycles. The lowest BCUT2D eigenvalue weighted by Crippen LogP contribution is -2.28. The number of halogens is 2. The minimum absolute atomic E-state index is 0.0127. The molecular weight excluding hydrogens is 418 g/mol. The Kier molecular flexibility index (Phi) is 5.11. The van der Waals surface area contributed by atoms with E-state index in [4.69, 9.17) is 11.5 Å². The lowest BCUT2D eigenvalue weighted by molar-refractivity contribution is 0.609. The molecule has 1 atom stereocenters. The van der Waals surface area contributed by atoms with Gasteiger partial charge in [-0.05, 0) is 31.2 Å². The number of nitrogens with two attached hydrogens (primary N) is 2. The predicted octanol–water partition coefficient (Wildman–Crippen LogP) is 2.66. The Labute approximate surface area is 180 Å². The third-order valence-corrected chi connectivity index (χ3v) is 4.77. The van der Waals surface area contributed by atoms with Crippen LogP contribution in [0.5, 0.6) is 0 Å². The van der Waals surface area contributed by atoms with Crippen molar-refractivity contribution in [1.29, 1.82) is 5.26 Å². The van der Waals surface area contributed by atoms with Crippen LogP contribution >= 0.6 is 0 Å². The molecule has 9 nitrogen and oxygen atoms in total. The number of rotatable bonds is 4. The zero-order valence-corrected chi connectivity index (χ0v) is 16.7. The molecule has 160 valence electrons. The van der Waals surface area contributed by atoms with E-state index in [1.807, 2.05) is 6.07 Å². The smallest absolute Gasteiger partial charge is 0.269 e. The molecule has 0 spiro atoms. The van der Waals surface area contributed by atoms with Gasteiger partial charge in [0, 0.05) is 0 Å². The van der Waals surface area contributed by atoms with Crippen molar-refractivity contribution in [2.24, 2.45) is 0 Å². The van der Waals surface area contributed by atoms with Gasteiger partial charge in [0.05, 0.1) is 11.7 Å². The fraction of sp³-hybridized carbons (Fsp3) is 0.0952. The summed E-state index contributed by atoms with van der Waals surface area (Å²) in [7, 11) is 0. The topological polar surface area (TPSA) is 149 Å². The highest BCUT2D eigenvalue weighted by Crippen LogP contribution is 2.26. The number of nitrogens with one attached hydrogen (secondary N) is 1. The van der Waals surface area contributed by atoms with Gasteiger partial charge >= 0.3 is 0 Å². The number of nitrogen functional groups attached to an aromatic ring is 2. The summed E-state index contributed by atoms with van der Waals surface area (Å²) in [4.78, 5) is 25.3. The second-order valence-corrected chi connectivity index (χ2v) is 6.87. The van der Waals surface area contributed by atoms with E-state index in [2.05, 4.69) is 20.3 Å². The molecule has 5 N–H and O–H groups in total. The number of aromatic nitrogens is 4. The summed E-state index contributed by atoms with van der Waals surface area (Å²) in [6, 6.07) is 11.2. The average molecular weight is 434 g/mol. The molecule has 0 bridgehead atoms. The van der Waals surface area contributed by atoms with Gasteiger partial charge in [-0.1, -0.05) is 18.2 Å². The minimum Gasteiger partial charge on any atom is -0.382 e. The second-order valence-electron chi connectivity index (χ2n) is 6.87. The maximum Gasteiger partial charge on any atom is 0.269 e. The Balaban J connectivity index is 1.97. The van der Waals surface area contributed by atoms with Crippen molar-refractivity contribution >= 4 is 28.5 Å². The first-order chi connectivity index (χ1) is 15.3. The van der Waals surface area contributed by atoms with E-state index in [1.165, 1.54) is 4.57 Å². The quantitative estimate of drug-likeness (QED) is 0.444. The van der Waals surface area contributed by atoms with Gasteiger partial charge in [0.25, 0.3) is 5.56 Å². The molecule has 0 radical (unpaired) electrons. The standard InChI is InChI=1S/C21H16F2N8O/c1-10(27-18-12(9-24)17(25)29-21(26)30-18)19-28-16-14(23)8-7-13(22)15(16)20(32)31(19)11-5-3-2-4-6-11/h2-8,10H,1H3,(H5,25,26,27,29,30)/t10-/m0/s1. The number of fused-ring (bicyclic) bond motifs is 1. The van der Waals surface area contributed by atoms with Crippen LogP contribution in [0.4, 0.5) is 26.4 Å². The predicted molar refractivity (Wildman–Crippen MR) is 115 cm³/mol. The molecule has 0 aliphatic carbocycles. The van der Waals surface area contributed by atoms with Gasteiger partial charge in [0.2, 0.25) is 5.95 Å². The molecule has 0 unspecified atom stereocenters. The Bertz CT molecular complexity index is 1450. The van der Waals surface area contributed by atoms with Crippen LogP contribution in [0, 0.1) is 23.0 Å². The molecular formula is C21H16F2N8O. The van der Waals surface area contributed by atoms with Crippen LogP contribution in [0.2, 0.25) is 0 Å². The van der Waals surface area contributed by atoms with Crippen LogP contribution in [-0.4, -0.2) is 19.5 Å². The number of hydrogen-bond acceptors (Lipinski definition) is 8. The van der Waals surface area contributed by atoms with Gasteiger partial charge in [-0.15, -0.1) is 0 Å². The van der Waals surface area contributed by atoms with Crippen LogP contribution in [-0.2, 0) is 0 Å². The van der Waals surface area contributed by atoms with Crippen LogP contribution in [0.25, 0.3) is 16.6 Å². The summed E-state index contributed by atoms with van der Waals surface area (Å²) in [5.41, 5.74) is 10.5. The second kappa shape index (κ2) is 7.92. The molecule has 0 aliphatic heterocycles. The van der Waals surface area contributed by atoms with Gasteiger partial charge in [-0.3, -0.25) is 9.36 Å². The first-order valence-electron chi connectivity index (χ1n) is 9.37. The summed E-state index contributed by atoms with van der Waals surface area (Å²) in [5, 5.41) is 11.9. The Morgan fingerprint density at radius 1 is 1.06 bits per heavy atom. The molecule has 2 aromatic heterocycles. The van der Waals surface area contributed by atoms with Crippen molar-refractivity contribution in [1.82, 2.24) is 19.5 Å². The summed E-state index contributed by atoms with van der Waals surface area (Å²) in [6.45, 7) is 1.61. The van der Waals surface area contributed by atoms with Crippen LogP contribution in [0.3, 0.4) is 0 Å². The summed E-state index contributed by atoms with van der Waals surface area (Å²) in [6.07, 6.45) is 0. The number of hydrogen-bond donors (Lipinski definition) is 3. The molecule has 11 heteroatoms. The molecule has 0 fully saturated rings. The van der Waals surface area contributed by atoms with Crippen LogP contribution in [0.1, 0.15) is 24.4 Å². The monoisotopic (exact) mass is 434 g/mol. The number of anilines is 3. The van der Waals surface area contributed by atoms with Crippen molar-refractivity contribution in [2.45, 2.75) is 13.0 Å². The van der Waals surface area contributed by atoms with E-state index < -0.39 is 34.1 Å². The number of nitrogens with zero attached hydrogens (tertiary/aromatic N) is 5. The average Bonchev–Trinajstić information content (AvgIpc) is 2.76. The fourth-order valence-electron chi connectivity index (χ4n) is 3.33. The van der Waals surface area contributed by atoms with Gasteiger partial charge in [0.15, 0.2) is 5.82 Å². The number of benzene rings is 2. The summed E-state index contributed by atoms with van der Waals surface area (Å²) >= 11 is 0. The lowest BCUT2D eigenvalue weighted by atomic mass is 10.1. The molecule has 0 amide bonds. The highest BCUT2D eigenvalue weighted by atomic mass is 19.1. The zero-order valence-electron chi connectivity index (χ0n) is 16.7. The third kappa shape index (κ3) is 3.43.